The molecule has 3 rings (SSSR count). The number of nitrogens with zero attached hydrogens (tertiary/aromatic N) is 1. The van der Waals surface area contributed by atoms with Crippen LogP contribution < -0.4 is 5.73 Å². The molecule has 1 aliphatic heterocycles. The Bertz CT molecular complexity index is 719. The molecule has 0 saturated carbocycles. The second-order valence-corrected chi connectivity index (χ2v) is 7.33. The van der Waals surface area contributed by atoms with Crippen LogP contribution in [-0.4, -0.2) is 16.3 Å². The van der Waals surface area contributed by atoms with Gasteiger partial charge < -0.3 is 10.8 Å². The summed E-state index contributed by atoms with van der Waals surface area (Å²) in [4.78, 5) is 4.53. The zero-order valence-electron chi connectivity index (χ0n) is 13.7. The summed E-state index contributed by atoms with van der Waals surface area (Å²) in [5, 5.41) is 11.4. The van der Waals surface area contributed by atoms with Gasteiger partial charge in [0.15, 0.2) is 5.17 Å². The Morgan fingerprint density at radius 1 is 1.09 bits per heavy atom. The first-order valence-corrected chi connectivity index (χ1v) is 8.66. The van der Waals surface area contributed by atoms with Gasteiger partial charge in [0.05, 0.1) is 11.3 Å². The lowest BCUT2D eigenvalue weighted by Gasteiger charge is -2.25. The second kappa shape index (κ2) is 6.38. The van der Waals surface area contributed by atoms with Crippen LogP contribution in [0.25, 0.3) is 0 Å². The smallest absolute Gasteiger partial charge is 0.155 e. The third kappa shape index (κ3) is 3.14. The second-order valence-electron chi connectivity index (χ2n) is 6.16. The molecule has 4 heteroatoms. The van der Waals surface area contributed by atoms with Crippen LogP contribution in [0.3, 0.4) is 0 Å². The number of aliphatic hydroxyl groups is 1. The number of benzene rings is 2. The molecule has 0 aromatic heterocycles. The number of hydrogen-bond acceptors (Lipinski definition) is 4. The van der Waals surface area contributed by atoms with Gasteiger partial charge >= 0.3 is 0 Å². The van der Waals surface area contributed by atoms with E-state index in [1.807, 2.05) is 30.3 Å². The SMILES string of the molecule is Cc1cc(C)c([C@@H]2SC(N)=N[C@@H]2[C@H](O)c2ccccc2)c(C)c1. The molecule has 0 amide bonds. The van der Waals surface area contributed by atoms with Crippen LogP contribution in [0.5, 0.6) is 0 Å². The summed E-state index contributed by atoms with van der Waals surface area (Å²) in [5.41, 5.74) is 11.8. The number of thioether (sulfide) groups is 1. The van der Waals surface area contributed by atoms with E-state index in [9.17, 15) is 5.11 Å². The summed E-state index contributed by atoms with van der Waals surface area (Å²) < 4.78 is 0. The highest BCUT2D eigenvalue weighted by molar-refractivity contribution is 8.14. The van der Waals surface area contributed by atoms with Gasteiger partial charge in [-0.05, 0) is 43.0 Å². The topological polar surface area (TPSA) is 58.6 Å². The van der Waals surface area contributed by atoms with E-state index in [-0.39, 0.29) is 11.3 Å². The maximum absolute atomic E-state index is 10.8. The first-order valence-electron chi connectivity index (χ1n) is 7.78. The molecule has 3 nitrogen and oxygen atoms in total. The first-order chi connectivity index (χ1) is 11.0. The molecular formula is C19H22N2OS. The van der Waals surface area contributed by atoms with Gasteiger partial charge in [-0.15, -0.1) is 0 Å². The van der Waals surface area contributed by atoms with Gasteiger partial charge in [0.1, 0.15) is 6.10 Å². The number of aryl methyl sites for hydroxylation is 3. The van der Waals surface area contributed by atoms with E-state index in [4.69, 9.17) is 5.73 Å². The summed E-state index contributed by atoms with van der Waals surface area (Å²) in [6.45, 7) is 6.35. The molecule has 0 spiro atoms. The highest BCUT2D eigenvalue weighted by atomic mass is 32.2. The number of nitrogens with two attached hydrogens (primary N) is 1. The molecule has 0 aliphatic carbocycles. The normalized spacial score (nSPS) is 22.0. The third-order valence-electron chi connectivity index (χ3n) is 4.32. The van der Waals surface area contributed by atoms with Crippen molar-refractivity contribution in [2.24, 2.45) is 10.7 Å². The lowest BCUT2D eigenvalue weighted by atomic mass is 9.90. The van der Waals surface area contributed by atoms with Gasteiger partial charge in [0, 0.05) is 0 Å². The zero-order valence-corrected chi connectivity index (χ0v) is 14.5. The van der Waals surface area contributed by atoms with Crippen molar-refractivity contribution < 1.29 is 5.11 Å². The molecule has 0 radical (unpaired) electrons. The van der Waals surface area contributed by atoms with Gasteiger partial charge in [-0.1, -0.05) is 59.8 Å². The molecule has 3 atom stereocenters. The summed E-state index contributed by atoms with van der Waals surface area (Å²) in [6.07, 6.45) is -0.658. The van der Waals surface area contributed by atoms with E-state index in [0.29, 0.717) is 5.17 Å². The number of aliphatic imine (C=N–C) groups is 1. The van der Waals surface area contributed by atoms with Crippen molar-refractivity contribution in [3.8, 4) is 0 Å². The fourth-order valence-corrected chi connectivity index (χ4v) is 4.68. The summed E-state index contributed by atoms with van der Waals surface area (Å²) in [6, 6.07) is 13.8. The molecule has 0 saturated heterocycles. The average molecular weight is 326 g/mol. The van der Waals surface area contributed by atoms with Gasteiger partial charge in [-0.2, -0.15) is 0 Å². The van der Waals surface area contributed by atoms with Gasteiger partial charge in [-0.3, -0.25) is 4.99 Å². The van der Waals surface area contributed by atoms with E-state index in [1.165, 1.54) is 22.3 Å². The van der Waals surface area contributed by atoms with Crippen LogP contribution in [0.1, 0.15) is 39.2 Å². The minimum atomic E-state index is -0.658. The monoisotopic (exact) mass is 326 g/mol. The summed E-state index contributed by atoms with van der Waals surface area (Å²) in [5.74, 6) is 0. The fraction of sp³-hybridized carbons (Fsp3) is 0.316. The van der Waals surface area contributed by atoms with Crippen molar-refractivity contribution in [2.45, 2.75) is 38.2 Å². The quantitative estimate of drug-likeness (QED) is 0.901. The molecule has 0 unspecified atom stereocenters. The minimum absolute atomic E-state index is 0.0470. The molecule has 2 aromatic carbocycles. The van der Waals surface area contributed by atoms with Crippen LogP contribution in [0.2, 0.25) is 0 Å². The lowest BCUT2D eigenvalue weighted by Crippen LogP contribution is -2.21. The van der Waals surface area contributed by atoms with Gasteiger partial charge in [-0.25, -0.2) is 0 Å². The number of hydrogen-bond donors (Lipinski definition) is 2. The Hall–Kier alpha value is -1.78. The molecule has 1 aliphatic rings. The Labute approximate surface area is 141 Å². The molecule has 120 valence electrons. The molecule has 0 bridgehead atoms. The van der Waals surface area contributed by atoms with Crippen molar-refractivity contribution in [3.63, 3.8) is 0 Å². The Morgan fingerprint density at radius 2 is 1.70 bits per heavy atom. The zero-order chi connectivity index (χ0) is 16.6. The van der Waals surface area contributed by atoms with Crippen LogP contribution >= 0.6 is 11.8 Å². The maximum Gasteiger partial charge on any atom is 0.155 e. The standard InChI is InChI=1S/C19H22N2OS/c1-11-9-12(2)15(13(3)10-11)18-16(21-19(20)23-18)17(22)14-7-5-4-6-8-14/h4-10,16-18,22H,1-3H3,(H2,20,21)/t16-,17-,18+/m1/s1. The largest absolute Gasteiger partial charge is 0.386 e. The first kappa shape index (κ1) is 16.1. The van der Waals surface area contributed by atoms with Gasteiger partial charge in [0.2, 0.25) is 0 Å². The predicted octanol–water partition coefficient (Wildman–Crippen LogP) is 3.82. The predicted molar refractivity (Wildman–Crippen MR) is 97.8 cm³/mol. The van der Waals surface area contributed by atoms with Crippen molar-refractivity contribution in [1.82, 2.24) is 0 Å². The van der Waals surface area contributed by atoms with Crippen LogP contribution in [-0.2, 0) is 0 Å². The molecule has 23 heavy (non-hydrogen) atoms. The Balaban J connectivity index is 2.00. The number of aliphatic hydroxyl groups excluding tert-OH is 1. The number of rotatable bonds is 3. The molecular weight excluding hydrogens is 304 g/mol. The van der Waals surface area contributed by atoms with Gasteiger partial charge in [0.25, 0.3) is 0 Å². The van der Waals surface area contributed by atoms with E-state index >= 15 is 0 Å². The number of amidine groups is 1. The van der Waals surface area contributed by atoms with E-state index in [1.54, 1.807) is 11.8 Å². The molecule has 1 heterocycles. The van der Waals surface area contributed by atoms with Crippen molar-refractivity contribution in [2.75, 3.05) is 0 Å². The van der Waals surface area contributed by atoms with Crippen molar-refractivity contribution in [1.29, 1.82) is 0 Å². The van der Waals surface area contributed by atoms with Crippen molar-refractivity contribution in [3.05, 3.63) is 70.3 Å². The highest BCUT2D eigenvalue weighted by Gasteiger charge is 2.37. The van der Waals surface area contributed by atoms with E-state index < -0.39 is 6.10 Å². The molecule has 3 N–H and O–H groups in total. The minimum Gasteiger partial charge on any atom is -0.386 e. The Kier molecular flexibility index (Phi) is 4.46. The van der Waals surface area contributed by atoms with Crippen LogP contribution in [0.4, 0.5) is 0 Å². The summed E-state index contributed by atoms with van der Waals surface area (Å²) in [7, 11) is 0. The van der Waals surface area contributed by atoms with Crippen LogP contribution in [0.15, 0.2) is 47.5 Å². The highest BCUT2D eigenvalue weighted by Crippen LogP contribution is 2.46. The Morgan fingerprint density at radius 3 is 2.30 bits per heavy atom. The lowest BCUT2D eigenvalue weighted by molar-refractivity contribution is 0.147. The summed E-state index contributed by atoms with van der Waals surface area (Å²) >= 11 is 1.55. The maximum atomic E-state index is 10.8. The van der Waals surface area contributed by atoms with Crippen molar-refractivity contribution >= 4 is 16.9 Å². The molecule has 0 fully saturated rings. The van der Waals surface area contributed by atoms with E-state index in [2.05, 4.69) is 37.9 Å². The third-order valence-corrected chi connectivity index (χ3v) is 5.44. The van der Waals surface area contributed by atoms with E-state index in [0.717, 1.165) is 5.56 Å². The molecule has 2 aromatic rings. The average Bonchev–Trinajstić information content (AvgIpc) is 2.88. The fourth-order valence-electron chi connectivity index (χ4n) is 3.40. The van der Waals surface area contributed by atoms with Crippen LogP contribution in [0, 0.1) is 20.8 Å².